The van der Waals surface area contributed by atoms with Gasteiger partial charge in [-0.25, -0.2) is 9.59 Å². The number of carbonyl (C=O) groups excluding carboxylic acids is 2. The molecule has 9 nitrogen and oxygen atoms in total. The van der Waals surface area contributed by atoms with Gasteiger partial charge in [0.15, 0.2) is 6.10 Å². The first-order chi connectivity index (χ1) is 16.5. The van der Waals surface area contributed by atoms with Crippen molar-refractivity contribution in [1.82, 2.24) is 10.6 Å². The third-order valence-corrected chi connectivity index (χ3v) is 6.79. The minimum atomic E-state index is -1.33. The van der Waals surface area contributed by atoms with E-state index >= 15 is 0 Å². The molecule has 34 heavy (non-hydrogen) atoms. The molecule has 2 saturated heterocycles. The van der Waals surface area contributed by atoms with Gasteiger partial charge in [-0.2, -0.15) is 0 Å². The van der Waals surface area contributed by atoms with Gasteiger partial charge < -0.3 is 30.0 Å². The summed E-state index contributed by atoms with van der Waals surface area (Å²) in [5, 5.41) is 14.7. The van der Waals surface area contributed by atoms with Crippen molar-refractivity contribution in [2.24, 2.45) is 0 Å². The topological polar surface area (TPSA) is 123 Å². The van der Waals surface area contributed by atoms with Gasteiger partial charge in [0.25, 0.3) is 0 Å². The number of carboxylic acids is 1. The number of nitrogens with one attached hydrogen (secondary N) is 2. The Kier molecular flexibility index (Phi) is 5.97. The van der Waals surface area contributed by atoms with E-state index in [9.17, 15) is 19.5 Å². The van der Waals surface area contributed by atoms with Gasteiger partial charge in [0.05, 0.1) is 12.6 Å². The van der Waals surface area contributed by atoms with Crippen LogP contribution in [0, 0.1) is 0 Å². The average Bonchev–Trinajstić information content (AvgIpc) is 3.56. The predicted octanol–water partition coefficient (Wildman–Crippen LogP) is 2.04. The number of carbonyl (C=O) groups is 3. The quantitative estimate of drug-likeness (QED) is 0.595. The summed E-state index contributed by atoms with van der Waals surface area (Å²) >= 11 is 0. The Balaban J connectivity index is 1.26. The lowest BCUT2D eigenvalue weighted by molar-refractivity contribution is -0.148. The molecule has 2 fully saturated rings. The highest BCUT2D eigenvalue weighted by molar-refractivity contribution is 5.91. The Morgan fingerprint density at radius 1 is 1.03 bits per heavy atom. The number of carboxylic acid groups (broad SMARTS) is 1. The molecule has 2 aromatic carbocycles. The van der Waals surface area contributed by atoms with E-state index in [-0.39, 0.29) is 32.2 Å². The fourth-order valence-corrected chi connectivity index (χ4v) is 5.02. The molecule has 0 aromatic heterocycles. The van der Waals surface area contributed by atoms with E-state index in [1.807, 2.05) is 36.4 Å². The molecule has 5 rings (SSSR count). The maximum Gasteiger partial charge on any atom is 0.408 e. The van der Waals surface area contributed by atoms with Gasteiger partial charge >= 0.3 is 12.1 Å². The Morgan fingerprint density at radius 2 is 1.71 bits per heavy atom. The highest BCUT2D eigenvalue weighted by Gasteiger charge is 2.47. The van der Waals surface area contributed by atoms with Crippen molar-refractivity contribution in [2.75, 3.05) is 26.4 Å². The van der Waals surface area contributed by atoms with Crippen molar-refractivity contribution < 1.29 is 33.7 Å². The first-order valence-corrected chi connectivity index (χ1v) is 11.3. The minimum Gasteiger partial charge on any atom is -0.479 e. The monoisotopic (exact) mass is 466 g/mol. The van der Waals surface area contributed by atoms with Crippen molar-refractivity contribution in [3.05, 3.63) is 59.7 Å². The minimum absolute atomic E-state index is 0.0195. The van der Waals surface area contributed by atoms with Crippen LogP contribution in [0.25, 0.3) is 11.1 Å². The third-order valence-electron chi connectivity index (χ3n) is 6.79. The predicted molar refractivity (Wildman–Crippen MR) is 120 cm³/mol. The van der Waals surface area contributed by atoms with Crippen LogP contribution in [0.1, 0.15) is 29.9 Å². The van der Waals surface area contributed by atoms with Gasteiger partial charge in [-0.1, -0.05) is 48.5 Å². The molecule has 0 radical (unpaired) electrons. The summed E-state index contributed by atoms with van der Waals surface area (Å²) in [6.45, 7) is 0.635. The molecule has 3 N–H and O–H groups in total. The molecule has 1 aliphatic carbocycles. The molecule has 0 bridgehead atoms. The second-order valence-electron chi connectivity index (χ2n) is 8.83. The lowest BCUT2D eigenvalue weighted by Gasteiger charge is -2.29. The van der Waals surface area contributed by atoms with Gasteiger partial charge in [-0.3, -0.25) is 4.79 Å². The molecule has 0 saturated carbocycles. The van der Waals surface area contributed by atoms with Crippen molar-refractivity contribution >= 4 is 18.0 Å². The first kappa shape index (κ1) is 22.4. The number of aliphatic carboxylic acids is 1. The summed E-state index contributed by atoms with van der Waals surface area (Å²) in [5.41, 5.74) is 3.11. The highest BCUT2D eigenvalue weighted by Crippen LogP contribution is 2.44. The van der Waals surface area contributed by atoms with E-state index < -0.39 is 35.7 Å². The molecule has 2 aliphatic heterocycles. The average molecular weight is 466 g/mol. The molecule has 0 spiro atoms. The fourth-order valence-electron chi connectivity index (χ4n) is 5.02. The number of amides is 2. The maximum absolute atomic E-state index is 13.1. The van der Waals surface area contributed by atoms with Crippen LogP contribution in [-0.2, 0) is 23.8 Å². The van der Waals surface area contributed by atoms with Crippen molar-refractivity contribution in [3.63, 3.8) is 0 Å². The molecule has 1 unspecified atom stereocenters. The largest absolute Gasteiger partial charge is 0.479 e. The van der Waals surface area contributed by atoms with Gasteiger partial charge in [0.2, 0.25) is 5.91 Å². The summed E-state index contributed by atoms with van der Waals surface area (Å²) in [6.07, 6.45) is -1.20. The number of rotatable bonds is 6. The summed E-state index contributed by atoms with van der Waals surface area (Å²) in [4.78, 5) is 37.3. The van der Waals surface area contributed by atoms with Gasteiger partial charge in [-0.05, 0) is 28.7 Å². The molecule has 2 amide bonds. The summed E-state index contributed by atoms with van der Waals surface area (Å²) in [5.74, 6) is -1.74. The van der Waals surface area contributed by atoms with Crippen molar-refractivity contribution in [3.8, 4) is 11.1 Å². The van der Waals surface area contributed by atoms with E-state index in [4.69, 9.17) is 14.2 Å². The number of benzene rings is 2. The number of fused-ring (bicyclic) bond motifs is 3. The molecule has 9 heteroatoms. The van der Waals surface area contributed by atoms with Gasteiger partial charge in [-0.15, -0.1) is 0 Å². The lowest BCUT2D eigenvalue weighted by Crippen LogP contribution is -2.62. The summed E-state index contributed by atoms with van der Waals surface area (Å²) < 4.78 is 16.2. The Bertz CT molecular complexity index is 1070. The Hall–Kier alpha value is -3.43. The van der Waals surface area contributed by atoms with Crippen LogP contribution < -0.4 is 10.6 Å². The molecular weight excluding hydrogens is 440 g/mol. The fraction of sp³-hybridized carbons (Fsp3) is 0.400. The number of ether oxygens (including phenoxy) is 3. The number of hydrogen-bond acceptors (Lipinski definition) is 6. The molecule has 2 heterocycles. The number of alkyl carbamates (subject to hydrolysis) is 1. The summed E-state index contributed by atoms with van der Waals surface area (Å²) in [6, 6.07) is 15.4. The third kappa shape index (κ3) is 4.01. The Morgan fingerprint density at radius 3 is 2.32 bits per heavy atom. The number of hydrogen-bond donors (Lipinski definition) is 3. The van der Waals surface area contributed by atoms with Crippen LogP contribution in [0.2, 0.25) is 0 Å². The van der Waals surface area contributed by atoms with Crippen molar-refractivity contribution in [2.45, 2.75) is 36.4 Å². The van der Waals surface area contributed by atoms with Crippen LogP contribution in [0.5, 0.6) is 0 Å². The van der Waals surface area contributed by atoms with Gasteiger partial charge in [0.1, 0.15) is 12.1 Å². The maximum atomic E-state index is 13.1. The first-order valence-electron chi connectivity index (χ1n) is 11.3. The summed E-state index contributed by atoms with van der Waals surface area (Å²) in [7, 11) is 0. The van der Waals surface area contributed by atoms with E-state index in [2.05, 4.69) is 22.8 Å². The molecule has 3 atom stereocenters. The van der Waals surface area contributed by atoms with Crippen molar-refractivity contribution in [1.29, 1.82) is 0 Å². The van der Waals surface area contributed by atoms with Crippen LogP contribution in [0.4, 0.5) is 4.79 Å². The zero-order chi connectivity index (χ0) is 23.7. The Labute approximate surface area is 196 Å². The SMILES string of the molecule is O=C(NC1(C(=O)N[C@@H]2CCO[C@@H]2C(=O)O)CCOC1)OCC1c2ccccc2-c2ccccc21. The van der Waals surface area contributed by atoms with Crippen LogP contribution in [0.3, 0.4) is 0 Å². The van der Waals surface area contributed by atoms with E-state index in [1.165, 1.54) is 0 Å². The zero-order valence-electron chi connectivity index (χ0n) is 18.5. The second-order valence-corrected chi connectivity index (χ2v) is 8.83. The lowest BCUT2D eigenvalue weighted by atomic mass is 9.96. The smallest absolute Gasteiger partial charge is 0.408 e. The highest BCUT2D eigenvalue weighted by atomic mass is 16.6. The van der Waals surface area contributed by atoms with E-state index in [0.29, 0.717) is 13.0 Å². The normalized spacial score (nSPS) is 25.4. The van der Waals surface area contributed by atoms with Crippen LogP contribution in [-0.4, -0.2) is 67.2 Å². The zero-order valence-corrected chi connectivity index (χ0v) is 18.5. The van der Waals surface area contributed by atoms with Gasteiger partial charge in [0, 0.05) is 25.6 Å². The standard InChI is InChI=1S/C25H26N2O7/c28-22(29)21-20(9-11-33-21)26-23(30)25(10-12-32-14-25)27-24(31)34-13-19-17-7-3-1-5-15(17)16-6-2-4-8-18(16)19/h1-8,19-21H,9-14H2,(H,26,30)(H,27,31)(H,28,29)/t20-,21+,25?/m1/s1. The van der Waals surface area contributed by atoms with Crippen LogP contribution in [0.15, 0.2) is 48.5 Å². The second kappa shape index (κ2) is 9.08. The molecule has 2 aromatic rings. The van der Waals surface area contributed by atoms with E-state index in [1.54, 1.807) is 0 Å². The molecule has 3 aliphatic rings. The van der Waals surface area contributed by atoms with E-state index in [0.717, 1.165) is 22.3 Å². The van der Waals surface area contributed by atoms with Crippen LogP contribution >= 0.6 is 0 Å². The molecule has 178 valence electrons. The molecular formula is C25H26N2O7.